The Morgan fingerprint density at radius 3 is 1.58 bits per heavy atom. The van der Waals surface area contributed by atoms with Gasteiger partial charge in [-0.2, -0.15) is 10.2 Å². The first kappa shape index (κ1) is 21.1. The zero-order valence-corrected chi connectivity index (χ0v) is 14.4. The number of anilines is 1. The molecule has 26 heavy (non-hydrogen) atoms. The fraction of sp³-hybridized carbons (Fsp3) is 0.250. The van der Waals surface area contributed by atoms with Crippen molar-refractivity contribution in [2.45, 2.75) is 13.8 Å². The van der Waals surface area contributed by atoms with Gasteiger partial charge in [-0.1, -0.05) is 0 Å². The smallest absolute Gasteiger partial charge is 0.418 e. The van der Waals surface area contributed by atoms with E-state index in [0.717, 1.165) is 24.5 Å². The largest absolute Gasteiger partial charge is 0.673 e. The molecule has 0 bridgehead atoms. The van der Waals surface area contributed by atoms with Crippen LogP contribution in [-0.4, -0.2) is 20.3 Å². The molecule has 0 fully saturated rings. The van der Waals surface area contributed by atoms with E-state index in [-0.39, 0.29) is 0 Å². The molecule has 0 amide bonds. The molecular weight excluding hydrogens is 349 g/mol. The highest BCUT2D eigenvalue weighted by Gasteiger charge is 2.20. The van der Waals surface area contributed by atoms with Crippen molar-refractivity contribution in [2.24, 2.45) is 10.2 Å². The summed E-state index contributed by atoms with van der Waals surface area (Å²) in [5.41, 5.74) is 3.21. The standard InChI is InChI=1S/C16H18N5.BF4/c1-3-21(4-2)16-11-9-15(10-12-16)20-19-14-7-5-13(18-17)6-8-14;2-1(3,4)5/h5-12H,3-4H2,1-2H3;/q+1;-1. The molecule has 0 aliphatic rings. The molecule has 0 unspecified atom stereocenters. The van der Waals surface area contributed by atoms with E-state index >= 15 is 0 Å². The molecule has 0 radical (unpaired) electrons. The predicted octanol–water partition coefficient (Wildman–Crippen LogP) is 6.73. The van der Waals surface area contributed by atoms with Gasteiger partial charge in [0.25, 0.3) is 0 Å². The summed E-state index contributed by atoms with van der Waals surface area (Å²) in [6.07, 6.45) is 0. The highest BCUT2D eigenvalue weighted by molar-refractivity contribution is 6.50. The van der Waals surface area contributed by atoms with Gasteiger partial charge < -0.3 is 22.2 Å². The van der Waals surface area contributed by atoms with Gasteiger partial charge in [0.15, 0.2) is 4.98 Å². The Balaban J connectivity index is 0.000000597. The lowest BCUT2D eigenvalue weighted by Gasteiger charge is -2.20. The minimum atomic E-state index is -6.00. The van der Waals surface area contributed by atoms with Crippen LogP contribution in [0.1, 0.15) is 13.8 Å². The van der Waals surface area contributed by atoms with Gasteiger partial charge in [0.1, 0.15) is 0 Å². The second kappa shape index (κ2) is 10.1. The number of hydrogen-bond donors (Lipinski definition) is 0. The van der Waals surface area contributed by atoms with Crippen molar-refractivity contribution < 1.29 is 17.3 Å². The third kappa shape index (κ3) is 8.23. The SMILES string of the molecule is CCN(CC)c1ccc(N=Nc2ccc([N+]#N)cc2)cc1.F[B-](F)(F)F. The molecular formula is C16H18BF4N5. The van der Waals surface area contributed by atoms with Gasteiger partial charge in [-0.05, 0) is 50.2 Å². The van der Waals surface area contributed by atoms with Crippen molar-refractivity contribution in [1.29, 1.82) is 5.39 Å². The van der Waals surface area contributed by atoms with Crippen LogP contribution in [0, 0.1) is 5.39 Å². The van der Waals surface area contributed by atoms with Crippen molar-refractivity contribution in [2.75, 3.05) is 18.0 Å². The maximum Gasteiger partial charge on any atom is 0.673 e. The van der Waals surface area contributed by atoms with E-state index in [1.807, 2.05) is 12.1 Å². The Labute approximate surface area is 149 Å². The fourth-order valence-electron chi connectivity index (χ4n) is 2.02. The Kier molecular flexibility index (Phi) is 8.22. The van der Waals surface area contributed by atoms with Crippen LogP contribution in [0.4, 0.5) is 40.0 Å². The van der Waals surface area contributed by atoms with Gasteiger partial charge in [0.2, 0.25) is 5.39 Å². The second-order valence-corrected chi connectivity index (χ2v) is 5.00. The van der Waals surface area contributed by atoms with Crippen LogP contribution in [0.15, 0.2) is 58.8 Å². The van der Waals surface area contributed by atoms with E-state index in [4.69, 9.17) is 5.39 Å². The average Bonchev–Trinajstić information content (AvgIpc) is 2.61. The average molecular weight is 367 g/mol. The molecule has 0 saturated carbocycles. The number of rotatable bonds is 5. The van der Waals surface area contributed by atoms with Crippen LogP contribution in [0.2, 0.25) is 0 Å². The second-order valence-electron chi connectivity index (χ2n) is 5.00. The Bertz CT molecular complexity index is 729. The van der Waals surface area contributed by atoms with Crippen molar-refractivity contribution in [3.05, 3.63) is 53.5 Å². The number of diazo groups is 1. The molecule has 0 saturated heterocycles. The summed E-state index contributed by atoms with van der Waals surface area (Å²) < 4.78 is 39.0. The van der Waals surface area contributed by atoms with E-state index in [1.54, 1.807) is 24.3 Å². The first-order chi connectivity index (χ1) is 12.3. The fourth-order valence-corrected chi connectivity index (χ4v) is 2.02. The summed E-state index contributed by atoms with van der Waals surface area (Å²) in [5.74, 6) is 0. The highest BCUT2D eigenvalue weighted by Crippen LogP contribution is 2.23. The van der Waals surface area contributed by atoms with Crippen molar-refractivity contribution >= 4 is 30.0 Å². The number of azo groups is 1. The van der Waals surface area contributed by atoms with Crippen LogP contribution in [0.25, 0.3) is 4.98 Å². The van der Waals surface area contributed by atoms with Crippen LogP contribution in [0.5, 0.6) is 0 Å². The number of hydrogen-bond acceptors (Lipinski definition) is 4. The van der Waals surface area contributed by atoms with Crippen molar-refractivity contribution in [1.82, 2.24) is 0 Å². The molecule has 0 spiro atoms. The Morgan fingerprint density at radius 2 is 1.23 bits per heavy atom. The van der Waals surface area contributed by atoms with Gasteiger partial charge in [-0.15, -0.1) is 0 Å². The van der Waals surface area contributed by atoms with Gasteiger partial charge >= 0.3 is 12.9 Å². The highest BCUT2D eigenvalue weighted by atomic mass is 19.5. The minimum absolute atomic E-state index is 0.498. The maximum absolute atomic E-state index is 9.75. The lowest BCUT2D eigenvalue weighted by atomic mass is 10.2. The first-order valence-electron chi connectivity index (χ1n) is 7.86. The van der Waals surface area contributed by atoms with Crippen LogP contribution in [-0.2, 0) is 0 Å². The molecule has 2 aromatic carbocycles. The maximum atomic E-state index is 9.75. The lowest BCUT2D eigenvalue weighted by molar-refractivity contribution is 0.368. The molecule has 0 N–H and O–H groups in total. The topological polar surface area (TPSA) is 56.1 Å². The zero-order valence-electron chi connectivity index (χ0n) is 14.4. The quantitative estimate of drug-likeness (QED) is 0.255. The third-order valence-electron chi connectivity index (χ3n) is 3.22. The Hall–Kier alpha value is -2.96. The summed E-state index contributed by atoms with van der Waals surface area (Å²) >= 11 is 0. The summed E-state index contributed by atoms with van der Waals surface area (Å²) in [7, 11) is -6.00. The molecule has 5 nitrogen and oxygen atoms in total. The third-order valence-corrected chi connectivity index (χ3v) is 3.22. The molecule has 0 aromatic heterocycles. The van der Waals surface area contributed by atoms with E-state index in [2.05, 4.69) is 46.1 Å². The molecule has 0 aliphatic carbocycles. The molecule has 0 heterocycles. The predicted molar refractivity (Wildman–Crippen MR) is 95.6 cm³/mol. The number of benzene rings is 2. The molecule has 0 atom stereocenters. The normalized spacial score (nSPS) is 10.8. The zero-order chi connectivity index (χ0) is 19.6. The van der Waals surface area contributed by atoms with Gasteiger partial charge in [0, 0.05) is 30.9 Å². The summed E-state index contributed by atoms with van der Waals surface area (Å²) in [6, 6.07) is 14.9. The molecule has 10 heteroatoms. The van der Waals surface area contributed by atoms with Crippen molar-refractivity contribution in [3.8, 4) is 0 Å². The summed E-state index contributed by atoms with van der Waals surface area (Å²) in [4.78, 5) is 5.37. The van der Waals surface area contributed by atoms with Crippen LogP contribution >= 0.6 is 0 Å². The van der Waals surface area contributed by atoms with E-state index in [9.17, 15) is 17.3 Å². The number of halogens is 4. The number of nitrogens with zero attached hydrogens (tertiary/aromatic N) is 5. The van der Waals surface area contributed by atoms with E-state index in [1.165, 1.54) is 5.69 Å². The minimum Gasteiger partial charge on any atom is -0.418 e. The summed E-state index contributed by atoms with van der Waals surface area (Å²) in [5, 5.41) is 17.0. The Morgan fingerprint density at radius 1 is 0.846 bits per heavy atom. The van der Waals surface area contributed by atoms with Crippen LogP contribution < -0.4 is 4.90 Å². The first-order valence-corrected chi connectivity index (χ1v) is 7.86. The molecule has 0 aliphatic heterocycles. The van der Waals surface area contributed by atoms with Gasteiger partial charge in [-0.3, -0.25) is 0 Å². The van der Waals surface area contributed by atoms with Crippen molar-refractivity contribution in [3.63, 3.8) is 0 Å². The van der Waals surface area contributed by atoms with Crippen LogP contribution in [0.3, 0.4) is 0 Å². The van der Waals surface area contributed by atoms with E-state index < -0.39 is 7.25 Å². The van der Waals surface area contributed by atoms with Gasteiger partial charge in [-0.25, -0.2) is 0 Å². The molecule has 138 valence electrons. The van der Waals surface area contributed by atoms with E-state index in [0.29, 0.717) is 5.69 Å². The van der Waals surface area contributed by atoms with Gasteiger partial charge in [0.05, 0.1) is 11.4 Å². The lowest BCUT2D eigenvalue weighted by Crippen LogP contribution is -2.21. The molecule has 2 rings (SSSR count). The summed E-state index contributed by atoms with van der Waals surface area (Å²) in [6.45, 7) is 6.25. The molecule has 2 aromatic rings. The monoisotopic (exact) mass is 367 g/mol.